The molecule has 3 aromatic rings. The minimum Gasteiger partial charge on any atom is -0.313 e. The smallest absolute Gasteiger partial charge is 0.213 e. The van der Waals surface area contributed by atoms with Gasteiger partial charge in [-0.25, -0.2) is 12.7 Å². The van der Waals surface area contributed by atoms with Crippen molar-refractivity contribution in [2.45, 2.75) is 32.2 Å². The Kier molecular flexibility index (Phi) is 5.93. The molecule has 4 rings (SSSR count). The Morgan fingerprint density at radius 1 is 1.21 bits per heavy atom. The number of hydrogen-bond acceptors (Lipinski definition) is 7. The first kappa shape index (κ1) is 20.0. The van der Waals surface area contributed by atoms with Gasteiger partial charge >= 0.3 is 0 Å². The lowest BCUT2D eigenvalue weighted by atomic mass is 10.0. The highest BCUT2D eigenvalue weighted by Gasteiger charge is 2.30. The van der Waals surface area contributed by atoms with Crippen molar-refractivity contribution >= 4 is 32.3 Å². The molecule has 1 unspecified atom stereocenters. The third-order valence-corrected chi connectivity index (χ3v) is 7.84. The summed E-state index contributed by atoms with van der Waals surface area (Å²) in [5.74, 6) is 0.935. The summed E-state index contributed by atoms with van der Waals surface area (Å²) in [5, 5.41) is 17.8. The lowest BCUT2D eigenvalue weighted by Gasteiger charge is -2.30. The molecular weight excluding hydrogens is 408 g/mol. The van der Waals surface area contributed by atoms with Gasteiger partial charge in [-0.3, -0.25) is 4.68 Å². The number of piperidine rings is 1. The van der Waals surface area contributed by atoms with E-state index in [4.69, 9.17) is 0 Å². The van der Waals surface area contributed by atoms with Crippen LogP contribution < -0.4 is 5.32 Å². The monoisotopic (exact) mass is 432 g/mol. The number of aromatic nitrogens is 4. The van der Waals surface area contributed by atoms with Crippen molar-refractivity contribution in [1.29, 1.82) is 0 Å². The third-order valence-electron chi connectivity index (χ3n) is 5.00. The molecule has 1 fully saturated rings. The standard InChI is InChI=1S/C19H24N6O2S2/c1-2-29(26,27)25-11-6-9-16(14-25)18-21-22-19(28-18)20-17-10-12-24(23-17)13-15-7-4-3-5-8-15/h3-5,7-8,10,12,16H,2,6,9,11,13-14H2,1H3,(H,20,22,23). The molecule has 29 heavy (non-hydrogen) atoms. The summed E-state index contributed by atoms with van der Waals surface area (Å²) < 4.78 is 27.8. The molecule has 1 aliphatic rings. The number of hydrogen-bond donors (Lipinski definition) is 1. The van der Waals surface area contributed by atoms with E-state index in [1.54, 1.807) is 11.2 Å². The van der Waals surface area contributed by atoms with Crippen molar-refractivity contribution in [1.82, 2.24) is 24.3 Å². The highest BCUT2D eigenvalue weighted by molar-refractivity contribution is 7.89. The summed E-state index contributed by atoms with van der Waals surface area (Å²) in [6.07, 6.45) is 3.69. The number of benzene rings is 1. The minimum atomic E-state index is -3.17. The van der Waals surface area contributed by atoms with Crippen LogP contribution in [0.2, 0.25) is 0 Å². The summed E-state index contributed by atoms with van der Waals surface area (Å²) in [5.41, 5.74) is 1.18. The Morgan fingerprint density at radius 3 is 2.83 bits per heavy atom. The van der Waals surface area contributed by atoms with E-state index < -0.39 is 10.0 Å². The molecule has 1 aliphatic heterocycles. The number of sulfonamides is 1. The number of anilines is 2. The highest BCUT2D eigenvalue weighted by Crippen LogP contribution is 2.32. The normalized spacial score (nSPS) is 18.0. The molecule has 10 heteroatoms. The predicted octanol–water partition coefficient (Wildman–Crippen LogP) is 3.06. The zero-order chi connectivity index (χ0) is 20.3. The molecule has 0 spiro atoms. The van der Waals surface area contributed by atoms with E-state index in [0.717, 1.165) is 17.8 Å². The molecule has 1 aromatic carbocycles. The van der Waals surface area contributed by atoms with Crippen molar-refractivity contribution in [2.24, 2.45) is 0 Å². The van der Waals surface area contributed by atoms with E-state index >= 15 is 0 Å². The fourth-order valence-corrected chi connectivity index (χ4v) is 5.48. The first-order valence-corrected chi connectivity index (χ1v) is 12.1. The highest BCUT2D eigenvalue weighted by atomic mass is 32.2. The molecule has 1 atom stereocenters. The third kappa shape index (κ3) is 4.82. The summed E-state index contributed by atoms with van der Waals surface area (Å²) in [6, 6.07) is 12.1. The molecule has 1 saturated heterocycles. The Labute approximate surface area is 174 Å². The Morgan fingerprint density at radius 2 is 2.03 bits per heavy atom. The minimum absolute atomic E-state index is 0.0914. The summed E-state index contributed by atoms with van der Waals surface area (Å²) in [6.45, 7) is 3.46. The quantitative estimate of drug-likeness (QED) is 0.617. The molecule has 0 radical (unpaired) electrons. The first-order chi connectivity index (χ1) is 14.0. The van der Waals surface area contributed by atoms with Gasteiger partial charge in [-0.1, -0.05) is 41.7 Å². The maximum absolute atomic E-state index is 12.2. The van der Waals surface area contributed by atoms with Crippen LogP contribution in [0, 0.1) is 0 Å². The molecule has 0 aliphatic carbocycles. The summed E-state index contributed by atoms with van der Waals surface area (Å²) >= 11 is 1.46. The van der Waals surface area contributed by atoms with E-state index in [1.165, 1.54) is 16.9 Å². The van der Waals surface area contributed by atoms with Crippen LogP contribution in [-0.2, 0) is 16.6 Å². The molecule has 154 valence electrons. The Hall–Kier alpha value is -2.30. The summed E-state index contributed by atoms with van der Waals surface area (Å²) in [4.78, 5) is 0. The average Bonchev–Trinajstić information content (AvgIpc) is 3.39. The van der Waals surface area contributed by atoms with Gasteiger partial charge in [0.15, 0.2) is 5.82 Å². The van der Waals surface area contributed by atoms with Gasteiger partial charge < -0.3 is 5.32 Å². The fourth-order valence-electron chi connectivity index (χ4n) is 3.43. The lowest BCUT2D eigenvalue weighted by molar-refractivity contribution is 0.315. The van der Waals surface area contributed by atoms with Gasteiger partial charge in [0.1, 0.15) is 5.01 Å². The maximum Gasteiger partial charge on any atom is 0.213 e. The second-order valence-corrected chi connectivity index (χ2v) is 10.3. The molecule has 0 bridgehead atoms. The zero-order valence-corrected chi connectivity index (χ0v) is 17.9. The van der Waals surface area contributed by atoms with Crippen LogP contribution in [0.5, 0.6) is 0 Å². The van der Waals surface area contributed by atoms with E-state index in [2.05, 4.69) is 32.7 Å². The van der Waals surface area contributed by atoms with E-state index in [0.29, 0.717) is 30.6 Å². The van der Waals surface area contributed by atoms with Crippen LogP contribution >= 0.6 is 11.3 Å². The Balaban J connectivity index is 1.40. The molecule has 8 nitrogen and oxygen atoms in total. The molecule has 0 saturated carbocycles. The van der Waals surface area contributed by atoms with Gasteiger partial charge in [0.25, 0.3) is 0 Å². The van der Waals surface area contributed by atoms with Gasteiger partial charge in [-0.15, -0.1) is 10.2 Å². The van der Waals surface area contributed by atoms with Crippen LogP contribution in [0.4, 0.5) is 10.9 Å². The summed E-state index contributed by atoms with van der Waals surface area (Å²) in [7, 11) is -3.17. The zero-order valence-electron chi connectivity index (χ0n) is 16.2. The predicted molar refractivity (Wildman–Crippen MR) is 114 cm³/mol. The van der Waals surface area contributed by atoms with Crippen LogP contribution in [0.15, 0.2) is 42.6 Å². The van der Waals surface area contributed by atoms with E-state index in [1.807, 2.05) is 35.1 Å². The molecule has 3 heterocycles. The number of rotatable bonds is 7. The van der Waals surface area contributed by atoms with Gasteiger partial charge in [0.2, 0.25) is 15.2 Å². The van der Waals surface area contributed by atoms with Gasteiger partial charge in [-0.05, 0) is 25.3 Å². The number of nitrogens with one attached hydrogen (secondary N) is 1. The SMILES string of the molecule is CCS(=O)(=O)N1CCCC(c2nnc(Nc3ccn(Cc4ccccc4)n3)s2)C1. The Bertz CT molecular complexity index is 1050. The second kappa shape index (κ2) is 8.60. The number of nitrogens with zero attached hydrogens (tertiary/aromatic N) is 5. The second-order valence-electron chi connectivity index (χ2n) is 7.05. The van der Waals surface area contributed by atoms with Crippen molar-refractivity contribution in [3.8, 4) is 0 Å². The first-order valence-electron chi connectivity index (χ1n) is 9.69. The van der Waals surface area contributed by atoms with Crippen molar-refractivity contribution in [3.63, 3.8) is 0 Å². The average molecular weight is 433 g/mol. The van der Waals surface area contributed by atoms with Gasteiger partial charge in [0.05, 0.1) is 12.3 Å². The molecule has 0 amide bonds. The van der Waals surface area contributed by atoms with Crippen LogP contribution in [-0.4, -0.2) is 51.5 Å². The maximum atomic E-state index is 12.2. The van der Waals surface area contributed by atoms with Crippen LogP contribution in [0.3, 0.4) is 0 Å². The largest absolute Gasteiger partial charge is 0.313 e. The van der Waals surface area contributed by atoms with Crippen molar-refractivity contribution < 1.29 is 8.42 Å². The van der Waals surface area contributed by atoms with Crippen LogP contribution in [0.25, 0.3) is 0 Å². The lowest BCUT2D eigenvalue weighted by Crippen LogP contribution is -2.39. The molecular formula is C19H24N6O2S2. The van der Waals surface area contributed by atoms with Crippen LogP contribution in [0.1, 0.15) is 36.3 Å². The van der Waals surface area contributed by atoms with E-state index in [9.17, 15) is 8.42 Å². The fraction of sp³-hybridized carbons (Fsp3) is 0.421. The topological polar surface area (TPSA) is 93.0 Å². The molecule has 1 N–H and O–H groups in total. The molecule has 2 aromatic heterocycles. The van der Waals surface area contributed by atoms with Crippen molar-refractivity contribution in [2.75, 3.05) is 24.2 Å². The van der Waals surface area contributed by atoms with Crippen molar-refractivity contribution in [3.05, 3.63) is 53.2 Å². The van der Waals surface area contributed by atoms with Gasteiger partial charge in [0, 0.05) is 31.3 Å². The van der Waals surface area contributed by atoms with Gasteiger partial charge in [-0.2, -0.15) is 5.10 Å². The van der Waals surface area contributed by atoms with E-state index in [-0.39, 0.29) is 11.7 Å².